The van der Waals surface area contributed by atoms with Crippen molar-refractivity contribution in [3.8, 4) is 0 Å². The molecule has 0 radical (unpaired) electrons. The zero-order valence-corrected chi connectivity index (χ0v) is 11.8. The van der Waals surface area contributed by atoms with Crippen molar-refractivity contribution in [1.29, 1.82) is 0 Å². The van der Waals surface area contributed by atoms with Crippen LogP contribution in [0.4, 0.5) is 9.93 Å². The Morgan fingerprint density at radius 2 is 2.47 bits per heavy atom. The summed E-state index contributed by atoms with van der Waals surface area (Å²) in [5, 5.41) is 8.33. The lowest BCUT2D eigenvalue weighted by Gasteiger charge is -2.60. The summed E-state index contributed by atoms with van der Waals surface area (Å²) >= 11 is 1.42. The van der Waals surface area contributed by atoms with Gasteiger partial charge in [0.15, 0.2) is 5.13 Å². The van der Waals surface area contributed by atoms with E-state index in [0.29, 0.717) is 11.2 Å². The summed E-state index contributed by atoms with van der Waals surface area (Å²) in [5.74, 6) is 0. The maximum Gasteiger partial charge on any atom is 0.321 e. The quantitative estimate of drug-likeness (QED) is 0.891. The molecule has 2 atom stereocenters. The van der Waals surface area contributed by atoms with E-state index in [9.17, 15) is 4.79 Å². The topological polar surface area (TPSA) is 63.2 Å². The van der Waals surface area contributed by atoms with E-state index < -0.39 is 0 Å². The number of carbonyl (C=O) groups is 1. The SMILES string of the molecule is CCO[C@@H]1C[C@H](NC(=O)Nc2nccs2)C12CCC2. The van der Waals surface area contributed by atoms with Crippen molar-refractivity contribution < 1.29 is 9.53 Å². The number of carbonyl (C=O) groups excluding carboxylic acids is 1. The Morgan fingerprint density at radius 3 is 3.05 bits per heavy atom. The number of amides is 2. The lowest BCUT2D eigenvalue weighted by atomic mass is 9.51. The molecule has 6 heteroatoms. The van der Waals surface area contributed by atoms with Crippen LogP contribution in [-0.4, -0.2) is 29.8 Å². The number of thiazole rings is 1. The molecule has 2 N–H and O–H groups in total. The predicted molar refractivity (Wildman–Crippen MR) is 74.4 cm³/mol. The number of nitrogens with one attached hydrogen (secondary N) is 2. The third-order valence-corrected chi connectivity index (χ3v) is 5.08. The van der Waals surface area contributed by atoms with Gasteiger partial charge in [0.2, 0.25) is 0 Å². The lowest BCUT2D eigenvalue weighted by Crippen LogP contribution is -2.68. The van der Waals surface area contributed by atoms with Crippen LogP contribution >= 0.6 is 11.3 Å². The average Bonchev–Trinajstić information content (AvgIpc) is 2.78. The molecule has 0 bridgehead atoms. The normalized spacial score (nSPS) is 27.4. The van der Waals surface area contributed by atoms with Crippen LogP contribution in [0.15, 0.2) is 11.6 Å². The van der Waals surface area contributed by atoms with Gasteiger partial charge in [0.25, 0.3) is 0 Å². The summed E-state index contributed by atoms with van der Waals surface area (Å²) in [7, 11) is 0. The first-order valence-electron chi connectivity index (χ1n) is 6.83. The van der Waals surface area contributed by atoms with Crippen LogP contribution in [0.1, 0.15) is 32.6 Å². The first kappa shape index (κ1) is 12.9. The highest BCUT2D eigenvalue weighted by atomic mass is 32.1. The summed E-state index contributed by atoms with van der Waals surface area (Å²) in [4.78, 5) is 16.0. The number of hydrogen-bond acceptors (Lipinski definition) is 4. The maximum absolute atomic E-state index is 11.9. The third kappa shape index (κ3) is 2.23. The molecule has 0 aliphatic heterocycles. The van der Waals surface area contributed by atoms with Gasteiger partial charge in [0.05, 0.1) is 6.10 Å². The molecule has 2 aliphatic rings. The summed E-state index contributed by atoms with van der Waals surface area (Å²) in [5.41, 5.74) is 0.205. The zero-order valence-electron chi connectivity index (χ0n) is 11.0. The maximum atomic E-state index is 11.9. The largest absolute Gasteiger partial charge is 0.378 e. The Bertz CT molecular complexity index is 445. The highest BCUT2D eigenvalue weighted by Crippen LogP contribution is 2.57. The van der Waals surface area contributed by atoms with E-state index in [1.54, 1.807) is 6.20 Å². The molecule has 0 aromatic carbocycles. The number of rotatable bonds is 4. The van der Waals surface area contributed by atoms with Crippen LogP contribution < -0.4 is 10.6 Å². The molecule has 2 amide bonds. The van der Waals surface area contributed by atoms with Crippen LogP contribution in [0.5, 0.6) is 0 Å². The first-order chi connectivity index (χ1) is 9.24. The molecule has 5 nitrogen and oxygen atoms in total. The van der Waals surface area contributed by atoms with Crippen molar-refractivity contribution in [2.24, 2.45) is 5.41 Å². The molecule has 1 spiro atoms. The predicted octanol–water partition coefficient (Wildman–Crippen LogP) is 2.61. The van der Waals surface area contributed by atoms with Gasteiger partial charge in [0.1, 0.15) is 0 Å². The monoisotopic (exact) mass is 281 g/mol. The molecule has 0 saturated heterocycles. The fourth-order valence-corrected chi connectivity index (χ4v) is 3.74. The molecular weight excluding hydrogens is 262 g/mol. The van der Waals surface area contributed by atoms with Crippen LogP contribution in [0.25, 0.3) is 0 Å². The Labute approximate surface area is 116 Å². The third-order valence-electron chi connectivity index (χ3n) is 4.40. The Hall–Kier alpha value is -1.14. The van der Waals surface area contributed by atoms with Crippen LogP contribution in [-0.2, 0) is 4.74 Å². The van der Waals surface area contributed by atoms with E-state index in [1.807, 2.05) is 12.3 Å². The van der Waals surface area contributed by atoms with Gasteiger partial charge < -0.3 is 10.1 Å². The second-order valence-corrected chi connectivity index (χ2v) is 6.15. The molecule has 1 aromatic heterocycles. The van der Waals surface area contributed by atoms with E-state index in [-0.39, 0.29) is 17.5 Å². The minimum absolute atomic E-state index is 0.152. The first-order valence-corrected chi connectivity index (χ1v) is 7.71. The molecule has 104 valence electrons. The number of hydrogen-bond donors (Lipinski definition) is 2. The molecule has 1 heterocycles. The highest BCUT2D eigenvalue weighted by Gasteiger charge is 2.59. The smallest absolute Gasteiger partial charge is 0.321 e. The number of anilines is 1. The van der Waals surface area contributed by atoms with Crippen molar-refractivity contribution in [2.45, 2.75) is 44.8 Å². The van der Waals surface area contributed by atoms with E-state index >= 15 is 0 Å². The van der Waals surface area contributed by atoms with Crippen molar-refractivity contribution in [2.75, 3.05) is 11.9 Å². The molecule has 2 aliphatic carbocycles. The Kier molecular flexibility index (Phi) is 3.45. The Morgan fingerprint density at radius 1 is 1.63 bits per heavy atom. The van der Waals surface area contributed by atoms with Gasteiger partial charge in [-0.15, -0.1) is 11.3 Å². The highest BCUT2D eigenvalue weighted by molar-refractivity contribution is 7.13. The molecule has 1 aromatic rings. The zero-order chi connectivity index (χ0) is 13.3. The van der Waals surface area contributed by atoms with Gasteiger partial charge in [0, 0.05) is 29.6 Å². The molecule has 3 rings (SSSR count). The number of nitrogens with zero attached hydrogens (tertiary/aromatic N) is 1. The average molecular weight is 281 g/mol. The van der Waals surface area contributed by atoms with E-state index in [0.717, 1.165) is 13.0 Å². The van der Waals surface area contributed by atoms with Gasteiger partial charge >= 0.3 is 6.03 Å². The van der Waals surface area contributed by atoms with E-state index in [2.05, 4.69) is 15.6 Å². The summed E-state index contributed by atoms with van der Waals surface area (Å²) in [6.07, 6.45) is 6.52. The fourth-order valence-electron chi connectivity index (χ4n) is 3.22. The van der Waals surface area contributed by atoms with Crippen LogP contribution in [0.3, 0.4) is 0 Å². The summed E-state index contributed by atoms with van der Waals surface area (Å²) in [6, 6.07) is 0.0962. The van der Waals surface area contributed by atoms with Gasteiger partial charge in [-0.1, -0.05) is 6.42 Å². The van der Waals surface area contributed by atoms with Crippen molar-refractivity contribution in [3.63, 3.8) is 0 Å². The second-order valence-electron chi connectivity index (χ2n) is 5.25. The van der Waals surface area contributed by atoms with Gasteiger partial charge in [-0.05, 0) is 26.2 Å². The van der Waals surface area contributed by atoms with Crippen molar-refractivity contribution in [1.82, 2.24) is 10.3 Å². The Balaban J connectivity index is 1.54. The van der Waals surface area contributed by atoms with Gasteiger partial charge in [-0.2, -0.15) is 0 Å². The standard InChI is InChI=1S/C13H19N3O2S/c1-2-18-10-8-9(13(10)4-3-5-13)15-11(17)16-12-14-6-7-19-12/h6-7,9-10H,2-5,8H2,1H3,(H2,14,15,16,17)/t9-,10+/m0/s1. The summed E-state index contributed by atoms with van der Waals surface area (Å²) < 4.78 is 5.77. The summed E-state index contributed by atoms with van der Waals surface area (Å²) in [6.45, 7) is 2.78. The number of urea groups is 1. The fraction of sp³-hybridized carbons (Fsp3) is 0.692. The van der Waals surface area contributed by atoms with E-state index in [4.69, 9.17) is 4.74 Å². The van der Waals surface area contributed by atoms with E-state index in [1.165, 1.54) is 30.6 Å². The molecule has 19 heavy (non-hydrogen) atoms. The van der Waals surface area contributed by atoms with Crippen LogP contribution in [0.2, 0.25) is 0 Å². The lowest BCUT2D eigenvalue weighted by molar-refractivity contribution is -0.169. The minimum Gasteiger partial charge on any atom is -0.378 e. The van der Waals surface area contributed by atoms with Crippen LogP contribution in [0, 0.1) is 5.41 Å². The van der Waals surface area contributed by atoms with Gasteiger partial charge in [-0.3, -0.25) is 5.32 Å². The molecular formula is C13H19N3O2S. The second kappa shape index (κ2) is 5.09. The van der Waals surface area contributed by atoms with Crippen molar-refractivity contribution >= 4 is 22.5 Å². The minimum atomic E-state index is -0.152. The van der Waals surface area contributed by atoms with Gasteiger partial charge in [-0.25, -0.2) is 9.78 Å². The molecule has 0 unspecified atom stereocenters. The number of aromatic nitrogens is 1. The van der Waals surface area contributed by atoms with Crippen molar-refractivity contribution in [3.05, 3.63) is 11.6 Å². The molecule has 2 fully saturated rings. The number of ether oxygens (including phenoxy) is 1. The molecule has 2 saturated carbocycles.